The molecule has 0 bridgehead atoms. The third-order valence-corrected chi connectivity index (χ3v) is 7.95. The van der Waals surface area contributed by atoms with Gasteiger partial charge in [0.2, 0.25) is 5.91 Å². The number of unbranched alkanes of at least 4 members (excludes halogenated alkanes) is 1. The molecule has 3 rings (SSSR count). The second kappa shape index (κ2) is 7.47. The van der Waals surface area contributed by atoms with E-state index in [1.165, 1.54) is 11.8 Å². The number of benzene rings is 1. The molecule has 0 spiro atoms. The highest BCUT2D eigenvalue weighted by molar-refractivity contribution is 8.16. The van der Waals surface area contributed by atoms with Crippen LogP contribution in [0.2, 0.25) is 10.0 Å². The Bertz CT molecular complexity index is 827. The van der Waals surface area contributed by atoms with Crippen LogP contribution in [0.3, 0.4) is 0 Å². The van der Waals surface area contributed by atoms with Crippen LogP contribution >= 0.6 is 35.0 Å². The predicted octanol–water partition coefficient (Wildman–Crippen LogP) is 3.79. The zero-order chi connectivity index (χ0) is 18.2. The Morgan fingerprint density at radius 2 is 2.12 bits per heavy atom. The number of sulfone groups is 1. The third-order valence-electron chi connectivity index (χ3n) is 4.20. The smallest absolute Gasteiger partial charge is 0.248 e. The van der Waals surface area contributed by atoms with Gasteiger partial charge in [0.25, 0.3) is 0 Å². The molecule has 2 heterocycles. The van der Waals surface area contributed by atoms with Gasteiger partial charge < -0.3 is 4.90 Å². The van der Waals surface area contributed by atoms with Crippen LogP contribution in [0.1, 0.15) is 26.2 Å². The average molecular weight is 421 g/mol. The quantitative estimate of drug-likeness (QED) is 0.740. The van der Waals surface area contributed by atoms with Gasteiger partial charge in [0.05, 0.1) is 28.3 Å². The number of carbonyl (C=O) groups excluding carboxylic acids is 1. The largest absolute Gasteiger partial charge is 0.314 e. The van der Waals surface area contributed by atoms with Crippen molar-refractivity contribution in [3.8, 4) is 0 Å². The Balaban J connectivity index is 1.98. The number of fused-ring (bicyclic) bond motifs is 1. The number of nitrogens with zero attached hydrogens (tertiary/aromatic N) is 2. The molecule has 0 N–H and O–H groups in total. The summed E-state index contributed by atoms with van der Waals surface area (Å²) in [4.78, 5) is 18.2. The number of hydrogen-bond acceptors (Lipinski definition) is 4. The van der Waals surface area contributed by atoms with Gasteiger partial charge in [0.1, 0.15) is 0 Å². The maximum absolute atomic E-state index is 12.1. The summed E-state index contributed by atoms with van der Waals surface area (Å²) >= 11 is 13.6. The maximum atomic E-state index is 12.1. The fourth-order valence-electron chi connectivity index (χ4n) is 3.01. The van der Waals surface area contributed by atoms with Crippen molar-refractivity contribution in [2.45, 2.75) is 37.5 Å². The highest BCUT2D eigenvalue weighted by Gasteiger charge is 2.49. The summed E-state index contributed by atoms with van der Waals surface area (Å²) in [5, 5.41) is 1.28. The summed E-state index contributed by atoms with van der Waals surface area (Å²) in [5.41, 5.74) is 0.630. The molecule has 136 valence electrons. The highest BCUT2D eigenvalue weighted by Crippen LogP contribution is 2.43. The Morgan fingerprint density at radius 1 is 1.36 bits per heavy atom. The lowest BCUT2D eigenvalue weighted by atomic mass is 10.2. The molecule has 2 atom stereocenters. The topological polar surface area (TPSA) is 66.8 Å². The average Bonchev–Trinajstić information content (AvgIpc) is 2.97. The zero-order valence-corrected chi connectivity index (χ0v) is 16.8. The predicted molar refractivity (Wildman–Crippen MR) is 105 cm³/mol. The van der Waals surface area contributed by atoms with Gasteiger partial charge in [-0.2, -0.15) is 4.99 Å². The molecule has 1 aromatic rings. The molecule has 0 aliphatic carbocycles. The van der Waals surface area contributed by atoms with Gasteiger partial charge in [0, 0.05) is 16.7 Å². The lowest BCUT2D eigenvalue weighted by Gasteiger charge is -2.25. The van der Waals surface area contributed by atoms with Crippen molar-refractivity contribution in [3.05, 3.63) is 28.2 Å². The molecule has 2 unspecified atom stereocenters. The minimum absolute atomic E-state index is 0.0335. The molecule has 2 aliphatic heterocycles. The van der Waals surface area contributed by atoms with E-state index in [9.17, 15) is 13.2 Å². The van der Waals surface area contributed by atoms with Gasteiger partial charge in [-0.05, 0) is 24.6 Å². The zero-order valence-electron chi connectivity index (χ0n) is 13.6. The molecular weight excluding hydrogens is 403 g/mol. The summed E-state index contributed by atoms with van der Waals surface area (Å²) in [6.07, 6.45) is 2.08. The first-order chi connectivity index (χ1) is 11.8. The van der Waals surface area contributed by atoms with E-state index in [4.69, 9.17) is 23.2 Å². The van der Waals surface area contributed by atoms with Gasteiger partial charge in [-0.3, -0.25) is 4.79 Å². The Labute approximate surface area is 161 Å². The van der Waals surface area contributed by atoms with Crippen molar-refractivity contribution in [3.63, 3.8) is 0 Å². The number of amides is 1. The van der Waals surface area contributed by atoms with Crippen LogP contribution in [0, 0.1) is 0 Å². The van der Waals surface area contributed by atoms with Crippen molar-refractivity contribution >= 4 is 61.6 Å². The first-order valence-electron chi connectivity index (χ1n) is 8.03. The molecule has 1 aromatic carbocycles. The van der Waals surface area contributed by atoms with E-state index >= 15 is 0 Å². The first kappa shape index (κ1) is 19.0. The molecule has 5 nitrogen and oxygen atoms in total. The second-order valence-corrected chi connectivity index (χ2v) is 10.4. The van der Waals surface area contributed by atoms with Gasteiger partial charge in [-0.25, -0.2) is 8.42 Å². The van der Waals surface area contributed by atoms with Crippen LogP contribution < -0.4 is 4.90 Å². The molecule has 25 heavy (non-hydrogen) atoms. The number of aliphatic imine (C=N–C) groups is 1. The maximum Gasteiger partial charge on any atom is 0.248 e. The summed E-state index contributed by atoms with van der Waals surface area (Å²) in [6, 6.07) is 4.77. The van der Waals surface area contributed by atoms with E-state index in [1.54, 1.807) is 23.1 Å². The number of rotatable bonds is 4. The number of amidine groups is 1. The van der Waals surface area contributed by atoms with Crippen LogP contribution in [-0.2, 0) is 14.6 Å². The van der Waals surface area contributed by atoms with Crippen LogP contribution in [0.25, 0.3) is 0 Å². The van der Waals surface area contributed by atoms with E-state index in [-0.39, 0.29) is 28.7 Å². The SMILES string of the molecule is CCCCC(=O)N=C1SC2CS(=O)(=O)CC2N1c1ccc(Cl)cc1Cl. The standard InChI is InChI=1S/C16H18Cl2N2O3S2/c1-2-3-4-15(21)19-16-20(12-6-5-10(17)7-11(12)18)13-8-25(22,23)9-14(13)24-16/h5-7,13-14H,2-4,8-9H2,1H3. The van der Waals surface area contributed by atoms with Crippen molar-refractivity contribution in [2.75, 3.05) is 16.4 Å². The lowest BCUT2D eigenvalue weighted by Crippen LogP contribution is -2.37. The summed E-state index contributed by atoms with van der Waals surface area (Å²) < 4.78 is 24.1. The van der Waals surface area contributed by atoms with E-state index in [0.29, 0.717) is 27.3 Å². The van der Waals surface area contributed by atoms with Crippen LogP contribution in [0.15, 0.2) is 23.2 Å². The third kappa shape index (κ3) is 4.15. The summed E-state index contributed by atoms with van der Waals surface area (Å²) in [5.74, 6) is -0.0693. The molecule has 2 aliphatic rings. The van der Waals surface area contributed by atoms with E-state index in [2.05, 4.69) is 4.99 Å². The van der Waals surface area contributed by atoms with Crippen molar-refractivity contribution in [2.24, 2.45) is 4.99 Å². The van der Waals surface area contributed by atoms with E-state index in [1.807, 2.05) is 6.92 Å². The van der Waals surface area contributed by atoms with Crippen molar-refractivity contribution in [1.29, 1.82) is 0 Å². The van der Waals surface area contributed by atoms with Crippen molar-refractivity contribution in [1.82, 2.24) is 0 Å². The Hall–Kier alpha value is -0.760. The minimum Gasteiger partial charge on any atom is -0.314 e. The fourth-order valence-corrected chi connectivity index (χ4v) is 7.44. The number of halogens is 2. The molecule has 9 heteroatoms. The second-order valence-electron chi connectivity index (χ2n) is 6.16. The Morgan fingerprint density at radius 3 is 2.80 bits per heavy atom. The summed E-state index contributed by atoms with van der Waals surface area (Å²) in [7, 11) is -3.11. The highest BCUT2D eigenvalue weighted by atomic mass is 35.5. The molecule has 2 fully saturated rings. The monoisotopic (exact) mass is 420 g/mol. The molecule has 1 amide bonds. The number of hydrogen-bond donors (Lipinski definition) is 0. The van der Waals surface area contributed by atoms with Crippen LogP contribution in [-0.4, -0.2) is 42.3 Å². The number of anilines is 1. The molecule has 0 radical (unpaired) electrons. The normalized spacial score (nSPS) is 26.2. The van der Waals surface area contributed by atoms with Gasteiger partial charge in [0.15, 0.2) is 15.0 Å². The first-order valence-corrected chi connectivity index (χ1v) is 11.5. The van der Waals surface area contributed by atoms with Gasteiger partial charge in [-0.1, -0.05) is 48.3 Å². The Kier molecular flexibility index (Phi) is 5.68. The van der Waals surface area contributed by atoms with E-state index < -0.39 is 9.84 Å². The fraction of sp³-hybridized carbons (Fsp3) is 0.500. The van der Waals surface area contributed by atoms with Gasteiger partial charge in [-0.15, -0.1) is 0 Å². The number of thioether (sulfide) groups is 1. The molecule has 0 aromatic heterocycles. The van der Waals surface area contributed by atoms with Crippen LogP contribution in [0.5, 0.6) is 0 Å². The van der Waals surface area contributed by atoms with Crippen molar-refractivity contribution < 1.29 is 13.2 Å². The van der Waals surface area contributed by atoms with E-state index in [0.717, 1.165) is 12.8 Å². The molecule has 2 saturated heterocycles. The van der Waals surface area contributed by atoms with Crippen LogP contribution in [0.4, 0.5) is 5.69 Å². The number of carbonyl (C=O) groups is 1. The summed E-state index contributed by atoms with van der Waals surface area (Å²) in [6.45, 7) is 2.01. The molecular formula is C16H18Cl2N2O3S2. The minimum atomic E-state index is -3.11. The lowest BCUT2D eigenvalue weighted by molar-refractivity contribution is -0.117. The molecule has 0 saturated carbocycles. The van der Waals surface area contributed by atoms with Gasteiger partial charge >= 0.3 is 0 Å².